The number of pyridine rings is 1. The standard InChI is InChI=1S/C24H24FN3O4/c25-18-4-3-16-7-10-27(15-17(16)11-18)23(31)32-20-6-5-19(14-26-20)28-21(29)12-24(13-22(28)30)8-1-2-9-24/h3-6,11,14H,1-2,7-10,12-13,15H2. The number of fused-ring (bicyclic) bond motifs is 1. The topological polar surface area (TPSA) is 79.8 Å². The van der Waals surface area contributed by atoms with Gasteiger partial charge in [-0.2, -0.15) is 0 Å². The van der Waals surface area contributed by atoms with Crippen LogP contribution in [-0.4, -0.2) is 34.3 Å². The number of piperidine rings is 1. The van der Waals surface area contributed by atoms with Crippen LogP contribution in [0.1, 0.15) is 49.7 Å². The van der Waals surface area contributed by atoms with Crippen molar-refractivity contribution >= 4 is 23.6 Å². The minimum Gasteiger partial charge on any atom is -0.391 e. The molecular formula is C24H24FN3O4. The Kier molecular flexibility index (Phi) is 5.15. The van der Waals surface area contributed by atoms with E-state index in [9.17, 15) is 18.8 Å². The molecule has 1 aliphatic carbocycles. The maximum Gasteiger partial charge on any atom is 0.416 e. The van der Waals surface area contributed by atoms with Crippen LogP contribution < -0.4 is 9.64 Å². The van der Waals surface area contributed by atoms with Crippen LogP contribution in [0.5, 0.6) is 5.88 Å². The van der Waals surface area contributed by atoms with Crippen molar-refractivity contribution in [1.29, 1.82) is 0 Å². The van der Waals surface area contributed by atoms with Crippen LogP contribution in [0.3, 0.4) is 0 Å². The molecule has 7 nitrogen and oxygen atoms in total. The fourth-order valence-corrected chi connectivity index (χ4v) is 5.17. The van der Waals surface area contributed by atoms with E-state index in [0.29, 0.717) is 31.5 Å². The second kappa shape index (κ2) is 8.00. The smallest absolute Gasteiger partial charge is 0.391 e. The van der Waals surface area contributed by atoms with Crippen LogP contribution in [0.15, 0.2) is 36.5 Å². The third-order valence-corrected chi connectivity index (χ3v) is 6.83. The number of aromatic nitrogens is 1. The highest BCUT2D eigenvalue weighted by Gasteiger charge is 2.45. The largest absolute Gasteiger partial charge is 0.416 e. The number of anilines is 1. The number of halogens is 1. The first-order chi connectivity index (χ1) is 15.4. The predicted molar refractivity (Wildman–Crippen MR) is 113 cm³/mol. The van der Waals surface area contributed by atoms with E-state index in [2.05, 4.69) is 4.98 Å². The first-order valence-corrected chi connectivity index (χ1v) is 11.0. The molecule has 1 saturated carbocycles. The number of carbonyl (C=O) groups excluding carboxylic acids is 3. The average molecular weight is 437 g/mol. The number of hydrogen-bond acceptors (Lipinski definition) is 5. The van der Waals surface area contributed by atoms with Gasteiger partial charge in [0.05, 0.1) is 11.9 Å². The molecule has 2 aliphatic heterocycles. The zero-order valence-corrected chi connectivity index (χ0v) is 17.7. The van der Waals surface area contributed by atoms with Gasteiger partial charge in [0.25, 0.3) is 0 Å². The molecule has 1 spiro atoms. The molecule has 0 radical (unpaired) electrons. The van der Waals surface area contributed by atoms with E-state index in [1.165, 1.54) is 34.2 Å². The number of carbonyl (C=O) groups is 3. The van der Waals surface area contributed by atoms with E-state index in [4.69, 9.17) is 4.74 Å². The summed E-state index contributed by atoms with van der Waals surface area (Å²) in [7, 11) is 0. The van der Waals surface area contributed by atoms with Crippen molar-refractivity contribution in [3.05, 3.63) is 53.5 Å². The van der Waals surface area contributed by atoms with E-state index >= 15 is 0 Å². The molecule has 166 valence electrons. The van der Waals surface area contributed by atoms with E-state index in [1.54, 1.807) is 12.1 Å². The van der Waals surface area contributed by atoms with Crippen LogP contribution in [0.25, 0.3) is 0 Å². The van der Waals surface area contributed by atoms with Gasteiger partial charge >= 0.3 is 6.09 Å². The third kappa shape index (κ3) is 3.85. The zero-order chi connectivity index (χ0) is 22.3. The molecular weight excluding hydrogens is 413 g/mol. The molecule has 3 aliphatic rings. The van der Waals surface area contributed by atoms with Crippen molar-refractivity contribution < 1.29 is 23.5 Å². The zero-order valence-electron chi connectivity index (χ0n) is 17.7. The van der Waals surface area contributed by atoms with Gasteiger partial charge in [-0.3, -0.25) is 9.59 Å². The molecule has 1 saturated heterocycles. The SMILES string of the molecule is O=C(Oc1ccc(N2C(=O)CC3(CCCC3)CC2=O)cn1)N1CCc2ccc(F)cc2C1. The quantitative estimate of drug-likeness (QED) is 0.664. The number of nitrogens with zero attached hydrogens (tertiary/aromatic N) is 3. The van der Waals surface area contributed by atoms with Crippen molar-refractivity contribution in [1.82, 2.24) is 9.88 Å². The Hall–Kier alpha value is -3.29. The summed E-state index contributed by atoms with van der Waals surface area (Å²) in [5.74, 6) is -0.660. The van der Waals surface area contributed by atoms with Crippen molar-refractivity contribution in [2.24, 2.45) is 5.41 Å². The number of ether oxygens (including phenoxy) is 1. The summed E-state index contributed by atoms with van der Waals surface area (Å²) in [4.78, 5) is 44.8. The Bertz CT molecular complexity index is 1060. The van der Waals surface area contributed by atoms with Gasteiger partial charge < -0.3 is 9.64 Å². The van der Waals surface area contributed by atoms with Crippen LogP contribution in [0, 0.1) is 11.2 Å². The lowest BCUT2D eigenvalue weighted by Gasteiger charge is -2.37. The Morgan fingerprint density at radius 2 is 1.78 bits per heavy atom. The van der Waals surface area contributed by atoms with Crippen LogP contribution >= 0.6 is 0 Å². The Morgan fingerprint density at radius 3 is 2.47 bits per heavy atom. The normalized spacial score (nSPS) is 19.9. The van der Waals surface area contributed by atoms with Crippen molar-refractivity contribution in [2.75, 3.05) is 11.4 Å². The molecule has 32 heavy (non-hydrogen) atoms. The van der Waals surface area contributed by atoms with Crippen molar-refractivity contribution in [2.45, 2.75) is 51.5 Å². The molecule has 3 amide bonds. The summed E-state index contributed by atoms with van der Waals surface area (Å²) in [6.45, 7) is 0.733. The van der Waals surface area contributed by atoms with Gasteiger partial charge in [-0.05, 0) is 54.0 Å². The number of benzene rings is 1. The van der Waals surface area contributed by atoms with Gasteiger partial charge in [0.1, 0.15) is 5.82 Å². The Labute approximate surface area is 185 Å². The van der Waals surface area contributed by atoms with Gasteiger partial charge in [-0.25, -0.2) is 19.1 Å². The first kappa shape index (κ1) is 20.6. The highest BCUT2D eigenvalue weighted by Crippen LogP contribution is 2.47. The molecule has 8 heteroatoms. The average Bonchev–Trinajstić information content (AvgIpc) is 3.21. The summed E-state index contributed by atoms with van der Waals surface area (Å²) in [6.07, 6.45) is 6.19. The second-order valence-corrected chi connectivity index (χ2v) is 8.99. The van der Waals surface area contributed by atoms with E-state index < -0.39 is 6.09 Å². The fourth-order valence-electron chi connectivity index (χ4n) is 5.17. The van der Waals surface area contributed by atoms with Gasteiger partial charge in [0, 0.05) is 32.0 Å². The summed E-state index contributed by atoms with van der Waals surface area (Å²) < 4.78 is 18.9. The number of amides is 3. The summed E-state index contributed by atoms with van der Waals surface area (Å²) in [5, 5.41) is 0. The maximum atomic E-state index is 13.5. The first-order valence-electron chi connectivity index (χ1n) is 11.0. The number of rotatable bonds is 2. The third-order valence-electron chi connectivity index (χ3n) is 6.83. The summed E-state index contributed by atoms with van der Waals surface area (Å²) in [5.41, 5.74) is 2.01. The molecule has 0 atom stereocenters. The van der Waals surface area contributed by atoms with Gasteiger partial charge in [-0.15, -0.1) is 0 Å². The Balaban J connectivity index is 1.24. The minimum atomic E-state index is -0.575. The summed E-state index contributed by atoms with van der Waals surface area (Å²) in [6, 6.07) is 7.64. The lowest BCUT2D eigenvalue weighted by molar-refractivity contribution is -0.133. The second-order valence-electron chi connectivity index (χ2n) is 8.99. The van der Waals surface area contributed by atoms with Crippen molar-refractivity contribution in [3.63, 3.8) is 0 Å². The molecule has 2 aromatic rings. The number of hydrogen-bond donors (Lipinski definition) is 0. The fraction of sp³-hybridized carbons (Fsp3) is 0.417. The van der Waals surface area contributed by atoms with Crippen LogP contribution in [0.2, 0.25) is 0 Å². The van der Waals surface area contributed by atoms with Gasteiger partial charge in [-0.1, -0.05) is 18.9 Å². The van der Waals surface area contributed by atoms with Crippen LogP contribution in [-0.2, 0) is 22.6 Å². The molecule has 0 unspecified atom stereocenters. The predicted octanol–water partition coefficient (Wildman–Crippen LogP) is 3.99. The van der Waals surface area contributed by atoms with Gasteiger partial charge in [0.15, 0.2) is 0 Å². The maximum absolute atomic E-state index is 13.5. The van der Waals surface area contributed by atoms with Gasteiger partial charge in [0.2, 0.25) is 17.7 Å². The molecule has 5 rings (SSSR count). The number of imide groups is 1. The molecule has 1 aromatic heterocycles. The molecule has 0 N–H and O–H groups in total. The monoisotopic (exact) mass is 437 g/mol. The molecule has 2 fully saturated rings. The molecule has 3 heterocycles. The summed E-state index contributed by atoms with van der Waals surface area (Å²) >= 11 is 0. The minimum absolute atomic E-state index is 0.0768. The lowest BCUT2D eigenvalue weighted by atomic mass is 9.76. The van der Waals surface area contributed by atoms with E-state index in [0.717, 1.165) is 36.8 Å². The Morgan fingerprint density at radius 1 is 1.03 bits per heavy atom. The van der Waals surface area contributed by atoms with Crippen LogP contribution in [0.4, 0.5) is 14.9 Å². The molecule has 1 aromatic carbocycles. The highest BCUT2D eigenvalue weighted by molar-refractivity contribution is 6.16. The van der Waals surface area contributed by atoms with E-state index in [1.807, 2.05) is 0 Å². The highest BCUT2D eigenvalue weighted by atomic mass is 19.1. The van der Waals surface area contributed by atoms with Crippen molar-refractivity contribution in [3.8, 4) is 5.88 Å². The van der Waals surface area contributed by atoms with E-state index in [-0.39, 0.29) is 35.5 Å². The lowest BCUT2D eigenvalue weighted by Crippen LogP contribution is -2.47. The molecule has 0 bridgehead atoms.